The van der Waals surface area contributed by atoms with E-state index in [2.05, 4.69) is 0 Å². The average Bonchev–Trinajstić information content (AvgIpc) is 2.35. The van der Waals surface area contributed by atoms with Gasteiger partial charge in [0, 0.05) is 19.2 Å². The van der Waals surface area contributed by atoms with Crippen molar-refractivity contribution in [3.05, 3.63) is 29.8 Å². The third-order valence-electron chi connectivity index (χ3n) is 2.93. The van der Waals surface area contributed by atoms with Crippen LogP contribution in [-0.2, 0) is 11.2 Å². The highest BCUT2D eigenvalue weighted by atomic mass is 16.3. The molecule has 4 nitrogen and oxygen atoms in total. The number of nitrogen functional groups attached to an aromatic ring is 1. The number of nitrogens with zero attached hydrogens (tertiary/aromatic N) is 1. The molecule has 1 aromatic carbocycles. The lowest BCUT2D eigenvalue weighted by molar-refractivity contribution is -0.132. The molecule has 1 unspecified atom stereocenters. The van der Waals surface area contributed by atoms with E-state index in [-0.39, 0.29) is 18.6 Å². The van der Waals surface area contributed by atoms with Crippen molar-refractivity contribution in [2.45, 2.75) is 25.8 Å². The van der Waals surface area contributed by atoms with Gasteiger partial charge in [-0.3, -0.25) is 4.79 Å². The molecular weight excluding hydrogens is 216 g/mol. The number of hydrogen-bond donors (Lipinski definition) is 2. The fourth-order valence-corrected chi connectivity index (χ4v) is 1.48. The third kappa shape index (κ3) is 4.07. The van der Waals surface area contributed by atoms with Crippen molar-refractivity contribution in [1.29, 1.82) is 0 Å². The lowest BCUT2D eigenvalue weighted by Crippen LogP contribution is -2.37. The Labute approximate surface area is 102 Å². The van der Waals surface area contributed by atoms with Crippen molar-refractivity contribution in [3.8, 4) is 0 Å². The molecular formula is C13H20N2O2. The molecule has 0 aromatic heterocycles. The summed E-state index contributed by atoms with van der Waals surface area (Å²) in [5, 5.41) is 8.96. The van der Waals surface area contributed by atoms with Crippen molar-refractivity contribution < 1.29 is 9.90 Å². The summed E-state index contributed by atoms with van der Waals surface area (Å²) in [7, 11) is 1.71. The van der Waals surface area contributed by atoms with Crippen LogP contribution in [0.25, 0.3) is 0 Å². The predicted molar refractivity (Wildman–Crippen MR) is 68.5 cm³/mol. The average molecular weight is 236 g/mol. The molecule has 0 bridgehead atoms. The number of hydrogen-bond acceptors (Lipinski definition) is 3. The van der Waals surface area contributed by atoms with E-state index in [9.17, 15) is 4.79 Å². The van der Waals surface area contributed by atoms with E-state index in [4.69, 9.17) is 10.8 Å². The molecule has 0 aliphatic carbocycles. The molecule has 1 amide bonds. The molecule has 94 valence electrons. The molecule has 1 atom stereocenters. The van der Waals surface area contributed by atoms with Crippen molar-refractivity contribution in [2.24, 2.45) is 0 Å². The van der Waals surface area contributed by atoms with Gasteiger partial charge in [-0.2, -0.15) is 0 Å². The number of carbonyl (C=O) groups excluding carboxylic acids is 1. The van der Waals surface area contributed by atoms with Gasteiger partial charge in [-0.15, -0.1) is 0 Å². The Balaban J connectivity index is 2.45. The predicted octanol–water partition coefficient (Wildman–Crippen LogP) is 1.04. The maximum Gasteiger partial charge on any atom is 0.222 e. The maximum atomic E-state index is 11.8. The smallest absolute Gasteiger partial charge is 0.222 e. The minimum absolute atomic E-state index is 0.00981. The number of aliphatic hydroxyl groups is 1. The van der Waals surface area contributed by atoms with Gasteiger partial charge in [0.1, 0.15) is 0 Å². The molecule has 4 heteroatoms. The van der Waals surface area contributed by atoms with Crippen LogP contribution in [0, 0.1) is 0 Å². The molecule has 0 spiro atoms. The lowest BCUT2D eigenvalue weighted by atomic mass is 10.1. The molecule has 0 heterocycles. The van der Waals surface area contributed by atoms with Gasteiger partial charge >= 0.3 is 0 Å². The fourth-order valence-electron chi connectivity index (χ4n) is 1.48. The number of anilines is 1. The number of amides is 1. The van der Waals surface area contributed by atoms with Crippen LogP contribution in [0.5, 0.6) is 0 Å². The number of nitrogens with two attached hydrogens (primary N) is 1. The standard InChI is InChI=1S/C13H20N2O2/c1-10(9-16)15(2)13(17)8-5-11-3-6-12(14)7-4-11/h3-4,6-7,10,16H,5,8-9,14H2,1-2H3. The van der Waals surface area contributed by atoms with Crippen LogP contribution < -0.4 is 5.73 Å². The van der Waals surface area contributed by atoms with Gasteiger partial charge in [-0.1, -0.05) is 12.1 Å². The fraction of sp³-hybridized carbons (Fsp3) is 0.462. The monoisotopic (exact) mass is 236 g/mol. The van der Waals surface area contributed by atoms with Crippen LogP contribution in [0.4, 0.5) is 5.69 Å². The van der Waals surface area contributed by atoms with E-state index in [1.54, 1.807) is 11.9 Å². The van der Waals surface area contributed by atoms with Crippen molar-refractivity contribution >= 4 is 11.6 Å². The topological polar surface area (TPSA) is 66.6 Å². The summed E-state index contributed by atoms with van der Waals surface area (Å²) in [4.78, 5) is 13.4. The Morgan fingerprint density at radius 2 is 2.00 bits per heavy atom. The van der Waals surface area contributed by atoms with Crippen LogP contribution in [0.1, 0.15) is 18.9 Å². The van der Waals surface area contributed by atoms with E-state index in [1.807, 2.05) is 31.2 Å². The van der Waals surface area contributed by atoms with Crippen molar-refractivity contribution in [1.82, 2.24) is 4.90 Å². The van der Waals surface area contributed by atoms with Crippen LogP contribution in [-0.4, -0.2) is 35.6 Å². The molecule has 0 saturated carbocycles. The summed E-state index contributed by atoms with van der Waals surface area (Å²) in [6.45, 7) is 1.81. The molecule has 1 aromatic rings. The molecule has 0 radical (unpaired) electrons. The second kappa shape index (κ2) is 6.25. The van der Waals surface area contributed by atoms with Gasteiger partial charge in [-0.05, 0) is 31.0 Å². The van der Waals surface area contributed by atoms with Gasteiger partial charge in [-0.25, -0.2) is 0 Å². The van der Waals surface area contributed by atoms with E-state index in [0.29, 0.717) is 12.8 Å². The number of rotatable bonds is 5. The molecule has 0 saturated heterocycles. The van der Waals surface area contributed by atoms with Gasteiger partial charge in [0.25, 0.3) is 0 Å². The highest BCUT2D eigenvalue weighted by Gasteiger charge is 2.14. The highest BCUT2D eigenvalue weighted by Crippen LogP contribution is 2.09. The first-order chi connectivity index (χ1) is 8.04. The van der Waals surface area contributed by atoms with Crippen molar-refractivity contribution in [3.63, 3.8) is 0 Å². The lowest BCUT2D eigenvalue weighted by Gasteiger charge is -2.23. The van der Waals surface area contributed by atoms with E-state index in [1.165, 1.54) is 0 Å². The van der Waals surface area contributed by atoms with Gasteiger partial charge < -0.3 is 15.7 Å². The van der Waals surface area contributed by atoms with Crippen molar-refractivity contribution in [2.75, 3.05) is 19.4 Å². The number of benzene rings is 1. The van der Waals surface area contributed by atoms with Crippen LogP contribution >= 0.6 is 0 Å². The quantitative estimate of drug-likeness (QED) is 0.751. The van der Waals surface area contributed by atoms with Crippen LogP contribution in [0.3, 0.4) is 0 Å². The second-order valence-electron chi connectivity index (χ2n) is 4.28. The van der Waals surface area contributed by atoms with Gasteiger partial charge in [0.2, 0.25) is 5.91 Å². The Morgan fingerprint density at radius 3 is 2.53 bits per heavy atom. The first-order valence-corrected chi connectivity index (χ1v) is 5.75. The second-order valence-corrected chi connectivity index (χ2v) is 4.28. The summed E-state index contributed by atoms with van der Waals surface area (Å²) in [6, 6.07) is 7.39. The Bertz CT molecular complexity index is 362. The molecule has 0 aliphatic rings. The first kappa shape index (κ1) is 13.5. The first-order valence-electron chi connectivity index (χ1n) is 5.75. The van der Waals surface area contributed by atoms with E-state index < -0.39 is 0 Å². The summed E-state index contributed by atoms with van der Waals surface area (Å²) >= 11 is 0. The highest BCUT2D eigenvalue weighted by molar-refractivity contribution is 5.76. The van der Waals surface area contributed by atoms with E-state index >= 15 is 0 Å². The minimum atomic E-state index is -0.131. The Morgan fingerprint density at radius 1 is 1.41 bits per heavy atom. The largest absolute Gasteiger partial charge is 0.399 e. The summed E-state index contributed by atoms with van der Waals surface area (Å²) in [5.74, 6) is 0.0448. The summed E-state index contributed by atoms with van der Waals surface area (Å²) in [6.07, 6.45) is 1.15. The van der Waals surface area contributed by atoms with Gasteiger partial charge in [0.15, 0.2) is 0 Å². The zero-order valence-corrected chi connectivity index (χ0v) is 10.4. The van der Waals surface area contributed by atoms with Crippen LogP contribution in [0.15, 0.2) is 24.3 Å². The molecule has 1 rings (SSSR count). The van der Waals surface area contributed by atoms with Crippen LogP contribution in [0.2, 0.25) is 0 Å². The number of likely N-dealkylation sites (N-methyl/N-ethyl adjacent to an activating group) is 1. The Hall–Kier alpha value is -1.55. The SMILES string of the molecule is CC(CO)N(C)C(=O)CCc1ccc(N)cc1. The summed E-state index contributed by atoms with van der Waals surface area (Å²) in [5.41, 5.74) is 7.41. The molecule has 17 heavy (non-hydrogen) atoms. The number of aryl methyl sites for hydroxylation is 1. The molecule has 0 aliphatic heterocycles. The number of carbonyl (C=O) groups is 1. The minimum Gasteiger partial charge on any atom is -0.399 e. The number of aliphatic hydroxyl groups excluding tert-OH is 1. The zero-order chi connectivity index (χ0) is 12.8. The Kier molecular flexibility index (Phi) is 4.97. The molecule has 3 N–H and O–H groups in total. The normalized spacial score (nSPS) is 12.2. The summed E-state index contributed by atoms with van der Waals surface area (Å²) < 4.78 is 0. The third-order valence-corrected chi connectivity index (χ3v) is 2.93. The van der Waals surface area contributed by atoms with Gasteiger partial charge in [0.05, 0.1) is 12.6 Å². The zero-order valence-electron chi connectivity index (χ0n) is 10.4. The molecule has 0 fully saturated rings. The van der Waals surface area contributed by atoms with E-state index in [0.717, 1.165) is 11.3 Å². The maximum absolute atomic E-state index is 11.8.